The van der Waals surface area contributed by atoms with E-state index in [0.717, 1.165) is 47.7 Å². The molecule has 1 aliphatic heterocycles. The van der Waals surface area contributed by atoms with Crippen molar-refractivity contribution in [1.29, 1.82) is 0 Å². The van der Waals surface area contributed by atoms with Gasteiger partial charge in [-0.05, 0) is 55.8 Å². The van der Waals surface area contributed by atoms with E-state index in [1.165, 1.54) is 0 Å². The van der Waals surface area contributed by atoms with Gasteiger partial charge in [0.25, 0.3) is 0 Å². The van der Waals surface area contributed by atoms with Crippen LogP contribution >= 0.6 is 0 Å². The number of hydrogen-bond donors (Lipinski definition) is 1. The van der Waals surface area contributed by atoms with Crippen molar-refractivity contribution in [3.05, 3.63) is 54.4 Å². The lowest BCUT2D eigenvalue weighted by Crippen LogP contribution is -2.38. The van der Waals surface area contributed by atoms with Gasteiger partial charge in [0, 0.05) is 12.2 Å². The van der Waals surface area contributed by atoms with Crippen molar-refractivity contribution in [3.63, 3.8) is 0 Å². The molecule has 27 heavy (non-hydrogen) atoms. The number of carboxylic acid groups (broad SMARTS) is 1. The van der Waals surface area contributed by atoms with Gasteiger partial charge >= 0.3 is 5.97 Å². The number of rotatable bonds is 5. The summed E-state index contributed by atoms with van der Waals surface area (Å²) in [7, 11) is 1.66. The molecule has 0 aliphatic carbocycles. The highest BCUT2D eigenvalue weighted by Crippen LogP contribution is 2.25. The van der Waals surface area contributed by atoms with Crippen LogP contribution in [0.25, 0.3) is 16.7 Å². The van der Waals surface area contributed by atoms with Gasteiger partial charge in [-0.15, -0.1) is 0 Å². The first-order chi connectivity index (χ1) is 13.2. The Morgan fingerprint density at radius 3 is 2.74 bits per heavy atom. The third-order valence-corrected chi connectivity index (χ3v) is 5.18. The molecule has 6 heteroatoms. The van der Waals surface area contributed by atoms with Gasteiger partial charge in [0.15, 0.2) is 0 Å². The van der Waals surface area contributed by atoms with E-state index in [-0.39, 0.29) is 5.92 Å². The monoisotopic (exact) mass is 365 g/mol. The molecule has 4 rings (SSSR count). The van der Waals surface area contributed by atoms with Crippen LogP contribution in [0.3, 0.4) is 0 Å². The molecule has 2 aromatic carbocycles. The van der Waals surface area contributed by atoms with E-state index in [1.807, 2.05) is 42.5 Å². The van der Waals surface area contributed by atoms with Gasteiger partial charge in [-0.1, -0.05) is 12.1 Å². The Hall–Kier alpha value is -2.86. The summed E-state index contributed by atoms with van der Waals surface area (Å²) in [4.78, 5) is 18.4. The van der Waals surface area contributed by atoms with E-state index in [0.29, 0.717) is 13.1 Å². The maximum absolute atomic E-state index is 11.4. The minimum atomic E-state index is -0.705. The average Bonchev–Trinajstić information content (AvgIpc) is 3.06. The molecular weight excluding hydrogens is 342 g/mol. The minimum absolute atomic E-state index is 0.294. The van der Waals surface area contributed by atoms with Gasteiger partial charge < -0.3 is 9.84 Å². The van der Waals surface area contributed by atoms with Crippen molar-refractivity contribution in [2.45, 2.75) is 19.4 Å². The fraction of sp³-hybridized carbons (Fsp3) is 0.333. The third-order valence-electron chi connectivity index (χ3n) is 5.18. The first-order valence-electron chi connectivity index (χ1n) is 9.21. The normalized spacial score (nSPS) is 17.9. The Morgan fingerprint density at radius 2 is 2.00 bits per heavy atom. The van der Waals surface area contributed by atoms with E-state index < -0.39 is 5.97 Å². The molecule has 3 aromatic rings. The van der Waals surface area contributed by atoms with E-state index in [4.69, 9.17) is 9.72 Å². The Morgan fingerprint density at radius 1 is 1.22 bits per heavy atom. The summed E-state index contributed by atoms with van der Waals surface area (Å²) in [5.41, 5.74) is 3.01. The van der Waals surface area contributed by atoms with Crippen molar-refractivity contribution < 1.29 is 14.6 Å². The molecule has 1 fully saturated rings. The Kier molecular flexibility index (Phi) is 4.81. The molecule has 0 saturated carbocycles. The summed E-state index contributed by atoms with van der Waals surface area (Å²) in [6, 6.07) is 16.0. The molecule has 1 atom stereocenters. The van der Waals surface area contributed by atoms with E-state index in [1.54, 1.807) is 7.11 Å². The smallest absolute Gasteiger partial charge is 0.307 e. The van der Waals surface area contributed by atoms with Crippen LogP contribution in [0.5, 0.6) is 5.75 Å². The maximum atomic E-state index is 11.4. The zero-order valence-corrected chi connectivity index (χ0v) is 15.3. The Labute approximate surface area is 158 Å². The van der Waals surface area contributed by atoms with Crippen molar-refractivity contribution in [3.8, 4) is 11.4 Å². The molecular formula is C21H23N3O3. The second kappa shape index (κ2) is 7.40. The quantitative estimate of drug-likeness (QED) is 0.751. The fourth-order valence-electron chi connectivity index (χ4n) is 3.80. The molecule has 1 N–H and O–H groups in total. The number of aromatic nitrogens is 2. The van der Waals surface area contributed by atoms with Crippen LogP contribution in [-0.4, -0.2) is 45.7 Å². The SMILES string of the molecule is COc1ccc(-n2c(CN3CCCC(C(=O)O)C3)nc3ccccc32)cc1. The molecule has 1 aromatic heterocycles. The highest BCUT2D eigenvalue weighted by molar-refractivity contribution is 5.78. The predicted octanol–water partition coefficient (Wildman–Crippen LogP) is 3.33. The molecule has 0 bridgehead atoms. The number of carboxylic acids is 1. The van der Waals surface area contributed by atoms with Crippen molar-refractivity contribution in [1.82, 2.24) is 14.5 Å². The van der Waals surface area contributed by atoms with Crippen molar-refractivity contribution in [2.24, 2.45) is 5.92 Å². The summed E-state index contributed by atoms with van der Waals surface area (Å²) in [5, 5.41) is 9.36. The number of para-hydroxylation sites is 2. The fourth-order valence-corrected chi connectivity index (χ4v) is 3.80. The van der Waals surface area contributed by atoms with Gasteiger partial charge in [-0.3, -0.25) is 14.3 Å². The molecule has 2 heterocycles. The summed E-state index contributed by atoms with van der Waals surface area (Å²) in [5.74, 6) is 0.735. The van der Waals surface area contributed by atoms with Crippen LogP contribution in [0.2, 0.25) is 0 Å². The predicted molar refractivity (Wildman–Crippen MR) is 103 cm³/mol. The van der Waals surface area contributed by atoms with Crippen LogP contribution in [-0.2, 0) is 11.3 Å². The molecule has 140 valence electrons. The number of imidazole rings is 1. The number of fused-ring (bicyclic) bond motifs is 1. The van der Waals surface area contributed by atoms with Crippen LogP contribution in [0.4, 0.5) is 0 Å². The zero-order valence-electron chi connectivity index (χ0n) is 15.3. The number of carbonyl (C=O) groups is 1. The highest BCUT2D eigenvalue weighted by Gasteiger charge is 2.26. The molecule has 1 aliphatic rings. The third kappa shape index (κ3) is 3.53. The topological polar surface area (TPSA) is 67.6 Å². The minimum Gasteiger partial charge on any atom is -0.497 e. The van der Waals surface area contributed by atoms with Gasteiger partial charge in [-0.25, -0.2) is 4.98 Å². The van der Waals surface area contributed by atoms with Crippen molar-refractivity contribution >= 4 is 17.0 Å². The van der Waals surface area contributed by atoms with Crippen LogP contribution in [0.15, 0.2) is 48.5 Å². The van der Waals surface area contributed by atoms with E-state index in [2.05, 4.69) is 15.5 Å². The number of methoxy groups -OCH3 is 1. The second-order valence-electron chi connectivity index (χ2n) is 6.96. The molecule has 0 radical (unpaired) electrons. The van der Waals surface area contributed by atoms with Gasteiger partial charge in [0.1, 0.15) is 11.6 Å². The first kappa shape index (κ1) is 17.5. The standard InChI is InChI=1S/C21H23N3O3/c1-27-17-10-8-16(9-11-17)24-19-7-3-2-6-18(19)22-20(24)14-23-12-4-5-15(13-23)21(25)26/h2-3,6-11,15H,4-5,12-14H2,1H3,(H,25,26). The number of hydrogen-bond acceptors (Lipinski definition) is 4. The lowest BCUT2D eigenvalue weighted by atomic mass is 9.98. The molecule has 1 saturated heterocycles. The highest BCUT2D eigenvalue weighted by atomic mass is 16.5. The molecule has 1 unspecified atom stereocenters. The molecule has 0 amide bonds. The average molecular weight is 365 g/mol. The summed E-state index contributed by atoms with van der Waals surface area (Å²) >= 11 is 0. The summed E-state index contributed by atoms with van der Waals surface area (Å²) < 4.78 is 7.42. The van der Waals surface area contributed by atoms with Crippen LogP contribution in [0, 0.1) is 5.92 Å². The van der Waals surface area contributed by atoms with E-state index >= 15 is 0 Å². The van der Waals surface area contributed by atoms with E-state index in [9.17, 15) is 9.90 Å². The zero-order chi connectivity index (χ0) is 18.8. The summed E-state index contributed by atoms with van der Waals surface area (Å²) in [6.45, 7) is 2.10. The van der Waals surface area contributed by atoms with Gasteiger partial charge in [-0.2, -0.15) is 0 Å². The largest absolute Gasteiger partial charge is 0.497 e. The lowest BCUT2D eigenvalue weighted by Gasteiger charge is -2.30. The molecule has 0 spiro atoms. The maximum Gasteiger partial charge on any atom is 0.307 e. The van der Waals surface area contributed by atoms with Crippen molar-refractivity contribution in [2.75, 3.05) is 20.2 Å². The number of likely N-dealkylation sites (tertiary alicyclic amines) is 1. The van der Waals surface area contributed by atoms with Crippen LogP contribution < -0.4 is 4.74 Å². The van der Waals surface area contributed by atoms with Crippen LogP contribution in [0.1, 0.15) is 18.7 Å². The number of piperidine rings is 1. The number of nitrogens with zero attached hydrogens (tertiary/aromatic N) is 3. The Balaban J connectivity index is 1.70. The lowest BCUT2D eigenvalue weighted by molar-refractivity contribution is -0.143. The van der Waals surface area contributed by atoms with Gasteiger partial charge in [0.2, 0.25) is 0 Å². The number of ether oxygens (including phenoxy) is 1. The molecule has 6 nitrogen and oxygen atoms in total. The van der Waals surface area contributed by atoms with Gasteiger partial charge in [0.05, 0.1) is 30.6 Å². The first-order valence-corrected chi connectivity index (χ1v) is 9.21. The number of benzene rings is 2. The Bertz CT molecular complexity index is 949. The second-order valence-corrected chi connectivity index (χ2v) is 6.96. The summed E-state index contributed by atoms with van der Waals surface area (Å²) in [6.07, 6.45) is 1.65. The number of aliphatic carboxylic acids is 1.